The molecule has 2 aromatic carbocycles. The van der Waals surface area contributed by atoms with E-state index in [0.29, 0.717) is 29.2 Å². The normalized spacial score (nSPS) is 9.96. The number of ether oxygens (including phenoxy) is 1. The molecule has 130 valence electrons. The summed E-state index contributed by atoms with van der Waals surface area (Å²) in [6.07, 6.45) is 0.919. The number of primary amides is 1. The number of nitrogens with two attached hydrogens (primary N) is 1. The summed E-state index contributed by atoms with van der Waals surface area (Å²) >= 11 is 5.12. The van der Waals surface area contributed by atoms with E-state index in [4.69, 9.17) is 22.7 Å². The lowest BCUT2D eigenvalue weighted by Gasteiger charge is -2.10. The molecule has 0 spiro atoms. The number of hydrogen-bond acceptors (Lipinski definition) is 4. The van der Waals surface area contributed by atoms with Crippen molar-refractivity contribution in [2.75, 3.05) is 11.9 Å². The number of amides is 2. The average Bonchev–Trinajstić information content (AvgIpc) is 2.60. The monoisotopic (exact) mass is 357 g/mol. The quantitative estimate of drug-likeness (QED) is 0.691. The maximum absolute atomic E-state index is 12.2. The summed E-state index contributed by atoms with van der Waals surface area (Å²) in [5, 5.41) is 5.62. The van der Waals surface area contributed by atoms with Crippen molar-refractivity contribution >= 4 is 34.8 Å². The highest BCUT2D eigenvalue weighted by Gasteiger charge is 2.08. The van der Waals surface area contributed by atoms with Crippen molar-refractivity contribution in [1.82, 2.24) is 5.32 Å². The van der Waals surface area contributed by atoms with Gasteiger partial charge in [-0.05, 0) is 67.2 Å². The van der Waals surface area contributed by atoms with Crippen LogP contribution in [0.3, 0.4) is 0 Å². The lowest BCUT2D eigenvalue weighted by Crippen LogP contribution is -2.34. The molecule has 0 radical (unpaired) electrons. The Morgan fingerprint density at radius 3 is 2.20 bits per heavy atom. The molecule has 0 bridgehead atoms. The van der Waals surface area contributed by atoms with Gasteiger partial charge < -0.3 is 15.8 Å². The SMILES string of the molecule is CCCOc1ccc(C(=O)NC(=S)Nc2ccc(C(N)=O)cc2)cc1. The van der Waals surface area contributed by atoms with Gasteiger partial charge in [0.05, 0.1) is 6.61 Å². The van der Waals surface area contributed by atoms with Gasteiger partial charge in [0.25, 0.3) is 5.91 Å². The molecule has 2 rings (SSSR count). The zero-order valence-electron chi connectivity index (χ0n) is 13.7. The van der Waals surface area contributed by atoms with E-state index in [1.807, 2.05) is 6.92 Å². The maximum atomic E-state index is 12.2. The Balaban J connectivity index is 1.91. The Labute approximate surface area is 151 Å². The molecule has 25 heavy (non-hydrogen) atoms. The molecule has 0 saturated heterocycles. The number of carbonyl (C=O) groups is 2. The van der Waals surface area contributed by atoms with Gasteiger partial charge in [-0.25, -0.2) is 0 Å². The Kier molecular flexibility index (Phi) is 6.47. The largest absolute Gasteiger partial charge is 0.494 e. The zero-order valence-corrected chi connectivity index (χ0v) is 14.6. The Morgan fingerprint density at radius 1 is 1.04 bits per heavy atom. The first-order valence-corrected chi connectivity index (χ1v) is 8.15. The van der Waals surface area contributed by atoms with E-state index in [9.17, 15) is 9.59 Å². The van der Waals surface area contributed by atoms with Gasteiger partial charge in [0.15, 0.2) is 5.11 Å². The van der Waals surface area contributed by atoms with Crippen molar-refractivity contribution in [2.45, 2.75) is 13.3 Å². The van der Waals surface area contributed by atoms with Crippen LogP contribution in [0.25, 0.3) is 0 Å². The van der Waals surface area contributed by atoms with E-state index in [2.05, 4.69) is 10.6 Å². The van der Waals surface area contributed by atoms with Crippen LogP contribution in [0, 0.1) is 0 Å². The highest BCUT2D eigenvalue weighted by atomic mass is 32.1. The third kappa shape index (κ3) is 5.58. The molecule has 0 aliphatic heterocycles. The Hall–Kier alpha value is -2.93. The molecule has 0 heterocycles. The van der Waals surface area contributed by atoms with Crippen LogP contribution < -0.4 is 21.1 Å². The molecule has 6 nitrogen and oxygen atoms in total. The molecule has 0 unspecified atom stereocenters. The first-order chi connectivity index (χ1) is 12.0. The number of nitrogens with one attached hydrogen (secondary N) is 2. The second kappa shape index (κ2) is 8.79. The number of thiocarbonyl (C=S) groups is 1. The standard InChI is InChI=1S/C18H19N3O3S/c1-2-11-24-15-9-5-13(6-10-15)17(23)21-18(25)20-14-7-3-12(4-8-14)16(19)22/h3-10H,2,11H2,1H3,(H2,19,22)(H2,20,21,23,25). The van der Waals surface area contributed by atoms with Gasteiger partial charge >= 0.3 is 0 Å². The number of carbonyl (C=O) groups excluding carboxylic acids is 2. The lowest BCUT2D eigenvalue weighted by atomic mass is 10.2. The summed E-state index contributed by atoms with van der Waals surface area (Å²) in [4.78, 5) is 23.2. The fraction of sp³-hybridized carbons (Fsp3) is 0.167. The van der Waals surface area contributed by atoms with Crippen LogP contribution in [-0.4, -0.2) is 23.5 Å². The minimum Gasteiger partial charge on any atom is -0.494 e. The van der Waals surface area contributed by atoms with Gasteiger partial charge in [0.2, 0.25) is 5.91 Å². The van der Waals surface area contributed by atoms with Crippen LogP contribution in [0.5, 0.6) is 5.75 Å². The minimum atomic E-state index is -0.506. The van der Waals surface area contributed by atoms with E-state index < -0.39 is 5.91 Å². The predicted molar refractivity (Wildman–Crippen MR) is 101 cm³/mol. The molecule has 2 amide bonds. The molecule has 0 fully saturated rings. The summed E-state index contributed by atoms with van der Waals surface area (Å²) in [7, 11) is 0. The van der Waals surface area contributed by atoms with E-state index >= 15 is 0 Å². The van der Waals surface area contributed by atoms with Crippen molar-refractivity contribution in [3.8, 4) is 5.75 Å². The van der Waals surface area contributed by atoms with E-state index in [0.717, 1.165) is 6.42 Å². The van der Waals surface area contributed by atoms with E-state index in [1.165, 1.54) is 0 Å². The Bertz CT molecular complexity index is 758. The first kappa shape index (κ1) is 18.4. The highest BCUT2D eigenvalue weighted by molar-refractivity contribution is 7.80. The zero-order chi connectivity index (χ0) is 18.2. The highest BCUT2D eigenvalue weighted by Crippen LogP contribution is 2.13. The predicted octanol–water partition coefficient (Wildman–Crippen LogP) is 2.70. The Morgan fingerprint density at radius 2 is 1.64 bits per heavy atom. The van der Waals surface area contributed by atoms with Crippen molar-refractivity contribution < 1.29 is 14.3 Å². The molecular formula is C18H19N3O3S. The summed E-state index contributed by atoms with van der Waals surface area (Å²) in [5.74, 6) is -0.115. The van der Waals surface area contributed by atoms with Crippen LogP contribution in [0.4, 0.5) is 5.69 Å². The first-order valence-electron chi connectivity index (χ1n) is 7.74. The minimum absolute atomic E-state index is 0.156. The van der Waals surface area contributed by atoms with Gasteiger partial charge in [-0.1, -0.05) is 6.92 Å². The van der Waals surface area contributed by atoms with Gasteiger partial charge in [-0.3, -0.25) is 14.9 Å². The summed E-state index contributed by atoms with van der Waals surface area (Å²) < 4.78 is 5.47. The number of anilines is 1. The second-order valence-corrected chi connectivity index (χ2v) is 5.63. The third-order valence-electron chi connectivity index (χ3n) is 3.24. The smallest absolute Gasteiger partial charge is 0.257 e. The summed E-state index contributed by atoms with van der Waals surface area (Å²) in [6, 6.07) is 13.3. The molecule has 0 aliphatic rings. The molecule has 0 aliphatic carbocycles. The molecule has 0 atom stereocenters. The van der Waals surface area contributed by atoms with Crippen LogP contribution >= 0.6 is 12.2 Å². The molecule has 7 heteroatoms. The fourth-order valence-electron chi connectivity index (χ4n) is 1.98. The topological polar surface area (TPSA) is 93.4 Å². The molecule has 4 N–H and O–H groups in total. The van der Waals surface area contributed by atoms with Crippen LogP contribution in [0.15, 0.2) is 48.5 Å². The van der Waals surface area contributed by atoms with Gasteiger partial charge in [-0.15, -0.1) is 0 Å². The number of benzene rings is 2. The molecule has 0 aromatic heterocycles. The van der Waals surface area contributed by atoms with Crippen LogP contribution in [0.2, 0.25) is 0 Å². The third-order valence-corrected chi connectivity index (χ3v) is 3.45. The van der Waals surface area contributed by atoms with Gasteiger partial charge in [0, 0.05) is 16.8 Å². The number of rotatable bonds is 6. The van der Waals surface area contributed by atoms with Crippen LogP contribution in [0.1, 0.15) is 34.1 Å². The van der Waals surface area contributed by atoms with Crippen molar-refractivity contribution in [3.63, 3.8) is 0 Å². The van der Waals surface area contributed by atoms with E-state index in [1.54, 1.807) is 48.5 Å². The molecule has 2 aromatic rings. The number of hydrogen-bond donors (Lipinski definition) is 3. The summed E-state index contributed by atoms with van der Waals surface area (Å²) in [6.45, 7) is 2.66. The van der Waals surface area contributed by atoms with Crippen molar-refractivity contribution in [3.05, 3.63) is 59.7 Å². The lowest BCUT2D eigenvalue weighted by molar-refractivity contribution is 0.0975. The average molecular weight is 357 g/mol. The van der Waals surface area contributed by atoms with Crippen LogP contribution in [-0.2, 0) is 0 Å². The maximum Gasteiger partial charge on any atom is 0.257 e. The molecular weight excluding hydrogens is 338 g/mol. The van der Waals surface area contributed by atoms with Gasteiger partial charge in [-0.2, -0.15) is 0 Å². The molecule has 0 saturated carbocycles. The van der Waals surface area contributed by atoms with E-state index in [-0.39, 0.29) is 11.0 Å². The summed E-state index contributed by atoms with van der Waals surface area (Å²) in [5.41, 5.74) is 6.68. The van der Waals surface area contributed by atoms with Crippen molar-refractivity contribution in [1.29, 1.82) is 0 Å². The second-order valence-electron chi connectivity index (χ2n) is 5.22. The van der Waals surface area contributed by atoms with Gasteiger partial charge in [0.1, 0.15) is 5.75 Å². The van der Waals surface area contributed by atoms with Crippen molar-refractivity contribution in [2.24, 2.45) is 5.73 Å². The fourth-order valence-corrected chi connectivity index (χ4v) is 2.19.